The Morgan fingerprint density at radius 3 is 2.39 bits per heavy atom. The van der Waals surface area contributed by atoms with Gasteiger partial charge in [-0.3, -0.25) is 4.72 Å². The Balaban J connectivity index is 2.10. The van der Waals surface area contributed by atoms with E-state index in [0.717, 1.165) is 11.6 Å². The Labute approximate surface area is 138 Å². The summed E-state index contributed by atoms with van der Waals surface area (Å²) >= 11 is 6.02. The van der Waals surface area contributed by atoms with E-state index in [9.17, 15) is 12.8 Å². The average molecular weight is 350 g/mol. The van der Waals surface area contributed by atoms with Gasteiger partial charge in [0.2, 0.25) is 0 Å². The van der Waals surface area contributed by atoms with E-state index in [1.165, 1.54) is 6.07 Å². The molecule has 118 valence electrons. The van der Waals surface area contributed by atoms with Crippen LogP contribution in [0.5, 0.6) is 0 Å². The predicted octanol–water partition coefficient (Wildman–Crippen LogP) is 4.74. The third-order valence-electron chi connectivity index (χ3n) is 3.54. The molecule has 0 heterocycles. The molecule has 23 heavy (non-hydrogen) atoms. The zero-order valence-electron chi connectivity index (χ0n) is 12.2. The fraction of sp³-hybridized carbons (Fsp3) is 0.0588. The molecule has 3 aromatic rings. The summed E-state index contributed by atoms with van der Waals surface area (Å²) in [4.78, 5) is 0.0196. The highest BCUT2D eigenvalue weighted by Crippen LogP contribution is 2.28. The van der Waals surface area contributed by atoms with Crippen LogP contribution in [0.4, 0.5) is 10.1 Å². The molecule has 0 saturated heterocycles. The second-order valence-corrected chi connectivity index (χ2v) is 7.22. The van der Waals surface area contributed by atoms with Gasteiger partial charge in [-0.15, -0.1) is 0 Å². The van der Waals surface area contributed by atoms with Crippen molar-refractivity contribution in [1.82, 2.24) is 0 Å². The van der Waals surface area contributed by atoms with Crippen molar-refractivity contribution in [3.8, 4) is 0 Å². The van der Waals surface area contributed by atoms with Gasteiger partial charge >= 0.3 is 0 Å². The molecule has 3 rings (SSSR count). The summed E-state index contributed by atoms with van der Waals surface area (Å²) in [6.45, 7) is 1.83. The van der Waals surface area contributed by atoms with Crippen molar-refractivity contribution in [3.63, 3.8) is 0 Å². The van der Waals surface area contributed by atoms with Crippen LogP contribution in [0.25, 0.3) is 10.8 Å². The number of sulfonamides is 1. The van der Waals surface area contributed by atoms with E-state index in [2.05, 4.69) is 4.72 Å². The molecule has 0 aliphatic heterocycles. The van der Waals surface area contributed by atoms with Crippen LogP contribution in [0, 0.1) is 12.7 Å². The molecule has 0 fully saturated rings. The first kappa shape index (κ1) is 15.8. The highest BCUT2D eigenvalue weighted by molar-refractivity contribution is 7.93. The first-order valence-corrected chi connectivity index (χ1v) is 8.71. The van der Waals surface area contributed by atoms with Crippen molar-refractivity contribution in [2.24, 2.45) is 0 Å². The number of anilines is 1. The summed E-state index contributed by atoms with van der Waals surface area (Å²) in [6, 6.07) is 13.8. The SMILES string of the molecule is Cc1ccc(NS(=O)(=O)c2ccc(F)c3ccccc23)cc1Cl. The van der Waals surface area contributed by atoms with Crippen molar-refractivity contribution >= 4 is 38.1 Å². The summed E-state index contributed by atoms with van der Waals surface area (Å²) in [7, 11) is -3.86. The number of halogens is 2. The molecular formula is C17H13ClFNO2S. The lowest BCUT2D eigenvalue weighted by atomic mass is 10.1. The number of nitrogens with one attached hydrogen (secondary N) is 1. The Hall–Kier alpha value is -2.11. The van der Waals surface area contributed by atoms with E-state index in [0.29, 0.717) is 16.1 Å². The van der Waals surface area contributed by atoms with E-state index in [-0.39, 0.29) is 10.3 Å². The second kappa shape index (κ2) is 5.83. The van der Waals surface area contributed by atoms with E-state index in [4.69, 9.17) is 11.6 Å². The fourth-order valence-electron chi connectivity index (χ4n) is 2.34. The molecule has 3 aromatic carbocycles. The summed E-state index contributed by atoms with van der Waals surface area (Å²) in [5, 5.41) is 1.06. The minimum Gasteiger partial charge on any atom is -0.280 e. The third-order valence-corrected chi connectivity index (χ3v) is 5.39. The van der Waals surface area contributed by atoms with Crippen LogP contribution in [-0.2, 0) is 10.0 Å². The minimum absolute atomic E-state index is 0.0196. The lowest BCUT2D eigenvalue weighted by Crippen LogP contribution is -2.13. The normalized spacial score (nSPS) is 11.6. The van der Waals surface area contributed by atoms with Crippen LogP contribution in [-0.4, -0.2) is 8.42 Å². The van der Waals surface area contributed by atoms with Gasteiger partial charge in [-0.1, -0.05) is 41.9 Å². The standard InChI is InChI=1S/C17H13ClFNO2S/c1-11-6-7-12(10-15(11)18)20-23(21,22)17-9-8-16(19)13-4-2-3-5-14(13)17/h2-10,20H,1H3. The van der Waals surface area contributed by atoms with Crippen LogP contribution in [0.1, 0.15) is 5.56 Å². The molecule has 0 radical (unpaired) electrons. The van der Waals surface area contributed by atoms with Crippen LogP contribution < -0.4 is 4.72 Å². The Bertz CT molecular complexity index is 1000. The lowest BCUT2D eigenvalue weighted by Gasteiger charge is -2.12. The largest absolute Gasteiger partial charge is 0.280 e. The lowest BCUT2D eigenvalue weighted by molar-refractivity contribution is 0.601. The summed E-state index contributed by atoms with van der Waals surface area (Å²) in [5.41, 5.74) is 1.20. The number of fused-ring (bicyclic) bond motifs is 1. The first-order valence-electron chi connectivity index (χ1n) is 6.85. The van der Waals surface area contributed by atoms with E-state index in [1.807, 2.05) is 6.92 Å². The van der Waals surface area contributed by atoms with Crippen molar-refractivity contribution in [1.29, 1.82) is 0 Å². The molecule has 0 bridgehead atoms. The Morgan fingerprint density at radius 1 is 1.00 bits per heavy atom. The Morgan fingerprint density at radius 2 is 1.70 bits per heavy atom. The molecule has 0 atom stereocenters. The van der Waals surface area contributed by atoms with Crippen LogP contribution in [0.3, 0.4) is 0 Å². The van der Waals surface area contributed by atoms with E-state index >= 15 is 0 Å². The van der Waals surface area contributed by atoms with Crippen molar-refractivity contribution in [2.45, 2.75) is 11.8 Å². The maximum atomic E-state index is 13.8. The van der Waals surface area contributed by atoms with Crippen molar-refractivity contribution in [2.75, 3.05) is 4.72 Å². The van der Waals surface area contributed by atoms with E-state index < -0.39 is 15.8 Å². The molecule has 0 aliphatic rings. The Kier molecular flexibility index (Phi) is 4.00. The number of hydrogen-bond donors (Lipinski definition) is 1. The third kappa shape index (κ3) is 3.02. The van der Waals surface area contributed by atoms with Crippen LogP contribution in [0.2, 0.25) is 5.02 Å². The monoisotopic (exact) mass is 349 g/mol. The maximum absolute atomic E-state index is 13.8. The van der Waals surface area contributed by atoms with Crippen LogP contribution >= 0.6 is 11.6 Å². The summed E-state index contributed by atoms with van der Waals surface area (Å²) < 4.78 is 41.6. The molecule has 0 unspecified atom stereocenters. The van der Waals surface area contributed by atoms with Gasteiger partial charge in [0.05, 0.1) is 10.6 Å². The van der Waals surface area contributed by atoms with Gasteiger partial charge in [-0.25, -0.2) is 12.8 Å². The highest BCUT2D eigenvalue weighted by Gasteiger charge is 2.19. The number of aryl methyl sites for hydroxylation is 1. The van der Waals surface area contributed by atoms with Crippen molar-refractivity contribution < 1.29 is 12.8 Å². The second-order valence-electron chi connectivity index (χ2n) is 5.16. The molecular weight excluding hydrogens is 337 g/mol. The van der Waals surface area contributed by atoms with Gasteiger partial charge in [0.1, 0.15) is 5.82 Å². The minimum atomic E-state index is -3.86. The number of rotatable bonds is 3. The number of benzene rings is 3. The molecule has 0 spiro atoms. The molecule has 1 N–H and O–H groups in total. The smallest absolute Gasteiger partial charge is 0.262 e. The summed E-state index contributed by atoms with van der Waals surface area (Å²) in [6.07, 6.45) is 0. The van der Waals surface area contributed by atoms with Crippen LogP contribution in [0.15, 0.2) is 59.5 Å². The molecule has 0 amide bonds. The zero-order chi connectivity index (χ0) is 16.6. The highest BCUT2D eigenvalue weighted by atomic mass is 35.5. The maximum Gasteiger partial charge on any atom is 0.262 e. The van der Waals surface area contributed by atoms with Gasteiger partial charge in [-0.05, 0) is 36.8 Å². The van der Waals surface area contributed by atoms with Gasteiger partial charge < -0.3 is 0 Å². The topological polar surface area (TPSA) is 46.2 Å². The number of hydrogen-bond acceptors (Lipinski definition) is 2. The first-order chi connectivity index (χ1) is 10.9. The average Bonchev–Trinajstić information content (AvgIpc) is 2.51. The van der Waals surface area contributed by atoms with Gasteiger partial charge in [0, 0.05) is 15.8 Å². The molecule has 0 aromatic heterocycles. The predicted molar refractivity (Wildman–Crippen MR) is 90.9 cm³/mol. The zero-order valence-corrected chi connectivity index (χ0v) is 13.7. The molecule has 0 aliphatic carbocycles. The molecule has 0 saturated carbocycles. The molecule has 6 heteroatoms. The van der Waals surface area contributed by atoms with Gasteiger partial charge in [-0.2, -0.15) is 0 Å². The van der Waals surface area contributed by atoms with Gasteiger partial charge in [0.25, 0.3) is 10.0 Å². The van der Waals surface area contributed by atoms with Crippen molar-refractivity contribution in [3.05, 3.63) is 71.0 Å². The van der Waals surface area contributed by atoms with E-state index in [1.54, 1.807) is 42.5 Å². The summed E-state index contributed by atoms with van der Waals surface area (Å²) in [5.74, 6) is -0.460. The fourth-order valence-corrected chi connectivity index (χ4v) is 3.78. The molecule has 3 nitrogen and oxygen atoms in total. The van der Waals surface area contributed by atoms with Gasteiger partial charge in [0.15, 0.2) is 0 Å². The quantitative estimate of drug-likeness (QED) is 0.742.